The number of nitrogens with two attached hydrogens (primary N) is 1. The molecule has 0 aliphatic carbocycles. The first-order valence-corrected chi connectivity index (χ1v) is 6.34. The second-order valence-corrected chi connectivity index (χ2v) is 4.86. The number of aromatic nitrogens is 2. The third-order valence-electron chi connectivity index (χ3n) is 3.29. The molecule has 2 N–H and O–H groups in total. The van der Waals surface area contributed by atoms with E-state index in [1.165, 1.54) is 0 Å². The van der Waals surface area contributed by atoms with Crippen LogP contribution < -0.4 is 15.2 Å². The van der Waals surface area contributed by atoms with E-state index in [1.807, 2.05) is 13.0 Å². The monoisotopic (exact) mass is 279 g/mol. The van der Waals surface area contributed by atoms with Crippen LogP contribution in [0, 0.1) is 6.92 Å². The van der Waals surface area contributed by atoms with Gasteiger partial charge in [0.05, 0.1) is 11.2 Å². The molecule has 6 heteroatoms. The predicted octanol–water partition coefficient (Wildman–Crippen LogP) is 2.40. The third kappa shape index (κ3) is 1.81. The Morgan fingerprint density at radius 3 is 2.58 bits per heavy atom. The molecule has 0 fully saturated rings. The highest BCUT2D eigenvalue weighted by molar-refractivity contribution is 6.32. The van der Waals surface area contributed by atoms with Crippen molar-refractivity contribution in [1.29, 1.82) is 0 Å². The van der Waals surface area contributed by atoms with E-state index >= 15 is 0 Å². The highest BCUT2D eigenvalue weighted by Gasteiger charge is 2.22. The summed E-state index contributed by atoms with van der Waals surface area (Å²) < 4.78 is 12.8. The Kier molecular flexibility index (Phi) is 2.78. The first-order valence-electron chi connectivity index (χ1n) is 5.96. The van der Waals surface area contributed by atoms with Crippen LogP contribution in [0.3, 0.4) is 0 Å². The SMILES string of the molecule is Cc1c(-c2cnn(C)c2N)cc(Cl)c2c1OCCO2. The van der Waals surface area contributed by atoms with Gasteiger partial charge in [0, 0.05) is 18.2 Å². The van der Waals surface area contributed by atoms with Crippen LogP contribution in [0.25, 0.3) is 11.1 Å². The van der Waals surface area contributed by atoms with Gasteiger partial charge in [0.25, 0.3) is 0 Å². The van der Waals surface area contributed by atoms with Gasteiger partial charge in [-0.05, 0) is 18.6 Å². The Hall–Kier alpha value is -1.88. The molecule has 0 amide bonds. The van der Waals surface area contributed by atoms with Crippen LogP contribution in [0.15, 0.2) is 12.3 Å². The summed E-state index contributed by atoms with van der Waals surface area (Å²) in [5.41, 5.74) is 8.73. The van der Waals surface area contributed by atoms with Crippen LogP contribution in [-0.2, 0) is 7.05 Å². The maximum absolute atomic E-state index is 6.26. The number of hydrogen-bond donors (Lipinski definition) is 1. The number of fused-ring (bicyclic) bond motifs is 1. The minimum atomic E-state index is 0.514. The summed E-state index contributed by atoms with van der Waals surface area (Å²) in [6, 6.07) is 1.85. The molecular formula is C13H14ClN3O2. The molecule has 2 heterocycles. The number of rotatable bonds is 1. The molecule has 1 aliphatic heterocycles. The Labute approximate surface area is 115 Å². The summed E-state index contributed by atoms with van der Waals surface area (Å²) in [5, 5.41) is 4.68. The van der Waals surface area contributed by atoms with E-state index in [-0.39, 0.29) is 0 Å². The zero-order valence-corrected chi connectivity index (χ0v) is 11.5. The van der Waals surface area contributed by atoms with Crippen LogP contribution in [-0.4, -0.2) is 23.0 Å². The average Bonchev–Trinajstić information content (AvgIpc) is 2.75. The molecule has 0 radical (unpaired) electrons. The van der Waals surface area contributed by atoms with Gasteiger partial charge in [0.2, 0.25) is 0 Å². The topological polar surface area (TPSA) is 62.3 Å². The summed E-state index contributed by atoms with van der Waals surface area (Å²) in [5.74, 6) is 1.89. The minimum Gasteiger partial charge on any atom is -0.486 e. The van der Waals surface area contributed by atoms with E-state index in [2.05, 4.69) is 5.10 Å². The predicted molar refractivity (Wildman–Crippen MR) is 73.8 cm³/mol. The number of benzene rings is 1. The van der Waals surface area contributed by atoms with Crippen molar-refractivity contribution in [2.75, 3.05) is 18.9 Å². The summed E-state index contributed by atoms with van der Waals surface area (Å²) in [4.78, 5) is 0. The molecule has 100 valence electrons. The summed E-state index contributed by atoms with van der Waals surface area (Å²) >= 11 is 6.26. The Morgan fingerprint density at radius 1 is 1.26 bits per heavy atom. The fourth-order valence-corrected chi connectivity index (χ4v) is 2.48. The second-order valence-electron chi connectivity index (χ2n) is 4.45. The van der Waals surface area contributed by atoms with Gasteiger partial charge >= 0.3 is 0 Å². The van der Waals surface area contributed by atoms with Crippen molar-refractivity contribution in [3.63, 3.8) is 0 Å². The number of aryl methyl sites for hydroxylation is 1. The van der Waals surface area contributed by atoms with E-state index in [9.17, 15) is 0 Å². The van der Waals surface area contributed by atoms with E-state index in [4.69, 9.17) is 26.8 Å². The quantitative estimate of drug-likeness (QED) is 0.871. The maximum atomic E-state index is 6.26. The highest BCUT2D eigenvalue weighted by atomic mass is 35.5. The van der Waals surface area contributed by atoms with E-state index in [1.54, 1.807) is 17.9 Å². The van der Waals surface area contributed by atoms with Gasteiger partial charge < -0.3 is 15.2 Å². The van der Waals surface area contributed by atoms with Crippen molar-refractivity contribution in [1.82, 2.24) is 9.78 Å². The molecule has 2 aromatic rings. The second kappa shape index (κ2) is 4.35. The van der Waals surface area contributed by atoms with Crippen LogP contribution in [0.1, 0.15) is 5.56 Å². The van der Waals surface area contributed by atoms with Gasteiger partial charge in [-0.3, -0.25) is 4.68 Å². The van der Waals surface area contributed by atoms with Crippen molar-refractivity contribution in [2.24, 2.45) is 7.05 Å². The molecule has 1 aromatic heterocycles. The van der Waals surface area contributed by atoms with E-state index in [0.29, 0.717) is 35.6 Å². The average molecular weight is 280 g/mol. The molecule has 3 rings (SSSR count). The molecule has 0 spiro atoms. The Morgan fingerprint density at radius 2 is 1.95 bits per heavy atom. The van der Waals surface area contributed by atoms with Gasteiger partial charge in [-0.15, -0.1) is 0 Å². The minimum absolute atomic E-state index is 0.514. The van der Waals surface area contributed by atoms with Gasteiger partial charge in [-0.1, -0.05) is 11.6 Å². The Bertz CT molecular complexity index is 652. The summed E-state index contributed by atoms with van der Waals surface area (Å²) in [7, 11) is 1.80. The lowest BCUT2D eigenvalue weighted by Crippen LogP contribution is -2.16. The first-order chi connectivity index (χ1) is 9.09. The number of hydrogen-bond acceptors (Lipinski definition) is 4. The van der Waals surface area contributed by atoms with Crippen LogP contribution in [0.2, 0.25) is 5.02 Å². The molecule has 0 unspecified atom stereocenters. The van der Waals surface area contributed by atoms with Crippen molar-refractivity contribution < 1.29 is 9.47 Å². The van der Waals surface area contributed by atoms with Crippen molar-refractivity contribution in [3.05, 3.63) is 22.8 Å². The zero-order chi connectivity index (χ0) is 13.6. The largest absolute Gasteiger partial charge is 0.486 e. The molecule has 1 aliphatic rings. The Balaban J connectivity index is 2.23. The lowest BCUT2D eigenvalue weighted by Gasteiger charge is -2.22. The van der Waals surface area contributed by atoms with Gasteiger partial charge in [-0.2, -0.15) is 5.10 Å². The number of ether oxygens (including phenoxy) is 2. The van der Waals surface area contributed by atoms with Crippen molar-refractivity contribution in [3.8, 4) is 22.6 Å². The van der Waals surface area contributed by atoms with E-state index in [0.717, 1.165) is 16.7 Å². The number of nitrogens with zero attached hydrogens (tertiary/aromatic N) is 2. The highest BCUT2D eigenvalue weighted by Crippen LogP contribution is 2.45. The summed E-state index contributed by atoms with van der Waals surface area (Å²) in [6.07, 6.45) is 1.73. The molecule has 0 saturated carbocycles. The lowest BCUT2D eigenvalue weighted by molar-refractivity contribution is 0.170. The van der Waals surface area contributed by atoms with Gasteiger partial charge in [0.15, 0.2) is 11.5 Å². The van der Waals surface area contributed by atoms with Crippen LogP contribution >= 0.6 is 11.6 Å². The fourth-order valence-electron chi connectivity index (χ4n) is 2.23. The standard InChI is InChI=1S/C13H14ClN3O2/c1-7-8(9-6-16-17(2)13(9)15)5-10(14)12-11(7)18-3-4-19-12/h5-6H,3-4,15H2,1-2H3. The molecule has 0 saturated heterocycles. The maximum Gasteiger partial charge on any atom is 0.180 e. The van der Waals surface area contributed by atoms with E-state index < -0.39 is 0 Å². The van der Waals surface area contributed by atoms with Gasteiger partial charge in [-0.25, -0.2) is 0 Å². The summed E-state index contributed by atoms with van der Waals surface area (Å²) in [6.45, 7) is 3.00. The van der Waals surface area contributed by atoms with Gasteiger partial charge in [0.1, 0.15) is 19.0 Å². The molecule has 0 bridgehead atoms. The molecule has 0 atom stereocenters. The smallest absolute Gasteiger partial charge is 0.180 e. The number of anilines is 1. The van der Waals surface area contributed by atoms with Crippen molar-refractivity contribution in [2.45, 2.75) is 6.92 Å². The van der Waals surface area contributed by atoms with Crippen LogP contribution in [0.4, 0.5) is 5.82 Å². The van der Waals surface area contributed by atoms with Crippen LogP contribution in [0.5, 0.6) is 11.5 Å². The fraction of sp³-hybridized carbons (Fsp3) is 0.308. The normalized spacial score (nSPS) is 13.6. The van der Waals surface area contributed by atoms with Crippen molar-refractivity contribution >= 4 is 17.4 Å². The third-order valence-corrected chi connectivity index (χ3v) is 3.57. The number of nitrogen functional groups attached to an aromatic ring is 1. The number of halogens is 1. The lowest BCUT2D eigenvalue weighted by atomic mass is 10.0. The molecule has 1 aromatic carbocycles. The molecule has 19 heavy (non-hydrogen) atoms. The zero-order valence-electron chi connectivity index (χ0n) is 10.7. The molecular weight excluding hydrogens is 266 g/mol. The molecule has 5 nitrogen and oxygen atoms in total. The first kappa shape index (κ1) is 12.2.